The van der Waals surface area contributed by atoms with Crippen LogP contribution in [-0.4, -0.2) is 40.2 Å². The van der Waals surface area contributed by atoms with Crippen LogP contribution in [-0.2, 0) is 11.2 Å². The maximum absolute atomic E-state index is 12.3. The van der Waals surface area contributed by atoms with E-state index >= 15 is 0 Å². The summed E-state index contributed by atoms with van der Waals surface area (Å²) in [4.78, 5) is 14.2. The molecule has 1 aromatic heterocycles. The van der Waals surface area contributed by atoms with Gasteiger partial charge in [0.1, 0.15) is 0 Å². The van der Waals surface area contributed by atoms with Gasteiger partial charge in [0.05, 0.1) is 12.1 Å². The second-order valence-electron chi connectivity index (χ2n) is 5.52. The Kier molecular flexibility index (Phi) is 4.01. The average Bonchev–Trinajstić information content (AvgIpc) is 3.19. The smallest absolute Gasteiger partial charge is 0.226 e. The van der Waals surface area contributed by atoms with Gasteiger partial charge in [0.15, 0.2) is 0 Å². The Balaban J connectivity index is 1.62. The van der Waals surface area contributed by atoms with Crippen LogP contribution in [0.15, 0.2) is 42.7 Å². The Labute approximate surface area is 124 Å². The van der Waals surface area contributed by atoms with Crippen molar-refractivity contribution in [2.24, 2.45) is 11.7 Å². The minimum Gasteiger partial charge on any atom is -0.342 e. The van der Waals surface area contributed by atoms with Crippen LogP contribution < -0.4 is 5.73 Å². The summed E-state index contributed by atoms with van der Waals surface area (Å²) in [5.41, 5.74) is 7.70. The molecule has 1 fully saturated rings. The zero-order valence-electron chi connectivity index (χ0n) is 12.0. The molecule has 21 heavy (non-hydrogen) atoms. The van der Waals surface area contributed by atoms with Crippen LogP contribution in [0.25, 0.3) is 5.69 Å². The number of carbonyl (C=O) groups is 1. The van der Waals surface area contributed by atoms with Crippen LogP contribution >= 0.6 is 0 Å². The number of nitrogens with two attached hydrogens (primary N) is 1. The second-order valence-corrected chi connectivity index (χ2v) is 5.52. The monoisotopic (exact) mass is 284 g/mol. The topological polar surface area (TPSA) is 64.2 Å². The summed E-state index contributed by atoms with van der Waals surface area (Å²) in [5, 5.41) is 4.19. The van der Waals surface area contributed by atoms with E-state index in [0.29, 0.717) is 18.9 Å². The summed E-state index contributed by atoms with van der Waals surface area (Å²) >= 11 is 0. The molecular weight excluding hydrogens is 264 g/mol. The predicted octanol–water partition coefficient (Wildman–Crippen LogP) is 1.22. The minimum atomic E-state index is 0.192. The lowest BCUT2D eigenvalue weighted by atomic mass is 10.1. The van der Waals surface area contributed by atoms with Gasteiger partial charge in [0, 0.05) is 25.5 Å². The largest absolute Gasteiger partial charge is 0.342 e. The van der Waals surface area contributed by atoms with Gasteiger partial charge in [0.25, 0.3) is 0 Å². The Morgan fingerprint density at radius 3 is 2.76 bits per heavy atom. The van der Waals surface area contributed by atoms with Gasteiger partial charge in [-0.2, -0.15) is 5.10 Å². The lowest BCUT2D eigenvalue weighted by Gasteiger charge is -2.16. The van der Waals surface area contributed by atoms with Gasteiger partial charge in [-0.1, -0.05) is 12.1 Å². The molecule has 5 nitrogen and oxygen atoms in total. The zero-order valence-corrected chi connectivity index (χ0v) is 12.0. The highest BCUT2D eigenvalue weighted by Gasteiger charge is 2.24. The van der Waals surface area contributed by atoms with Crippen LogP contribution in [0.1, 0.15) is 12.0 Å². The first-order valence-electron chi connectivity index (χ1n) is 7.33. The molecule has 0 radical (unpaired) electrons. The van der Waals surface area contributed by atoms with Crippen molar-refractivity contribution < 1.29 is 4.79 Å². The maximum atomic E-state index is 12.3. The molecule has 1 saturated heterocycles. The Morgan fingerprint density at radius 2 is 2.14 bits per heavy atom. The molecule has 1 unspecified atom stereocenters. The molecule has 2 aromatic rings. The van der Waals surface area contributed by atoms with Gasteiger partial charge in [-0.3, -0.25) is 4.79 Å². The molecule has 1 aromatic carbocycles. The number of hydrogen-bond donors (Lipinski definition) is 1. The number of amides is 1. The maximum Gasteiger partial charge on any atom is 0.226 e. The van der Waals surface area contributed by atoms with Crippen molar-refractivity contribution in [3.63, 3.8) is 0 Å². The third-order valence-electron chi connectivity index (χ3n) is 4.03. The Hall–Kier alpha value is -2.14. The second kappa shape index (κ2) is 6.10. The van der Waals surface area contributed by atoms with Gasteiger partial charge in [0.2, 0.25) is 5.91 Å². The van der Waals surface area contributed by atoms with E-state index < -0.39 is 0 Å². The summed E-state index contributed by atoms with van der Waals surface area (Å²) in [7, 11) is 0. The minimum absolute atomic E-state index is 0.192. The first-order valence-corrected chi connectivity index (χ1v) is 7.33. The molecule has 0 bridgehead atoms. The molecule has 1 amide bonds. The molecule has 0 aliphatic carbocycles. The van der Waals surface area contributed by atoms with Crippen molar-refractivity contribution in [2.75, 3.05) is 19.6 Å². The molecule has 1 atom stereocenters. The van der Waals surface area contributed by atoms with Gasteiger partial charge in [-0.25, -0.2) is 4.68 Å². The van der Waals surface area contributed by atoms with Crippen LogP contribution in [0.4, 0.5) is 0 Å². The number of likely N-dealkylation sites (tertiary alicyclic amines) is 1. The number of aromatic nitrogens is 2. The van der Waals surface area contributed by atoms with Crippen molar-refractivity contribution in [1.29, 1.82) is 0 Å². The van der Waals surface area contributed by atoms with E-state index in [0.717, 1.165) is 30.8 Å². The molecule has 1 aliphatic rings. The molecule has 2 N–H and O–H groups in total. The highest BCUT2D eigenvalue weighted by molar-refractivity contribution is 5.79. The normalized spacial score (nSPS) is 18.1. The molecule has 110 valence electrons. The van der Waals surface area contributed by atoms with Gasteiger partial charge < -0.3 is 10.6 Å². The first kappa shape index (κ1) is 13.8. The predicted molar refractivity (Wildman–Crippen MR) is 81.0 cm³/mol. The van der Waals surface area contributed by atoms with Crippen LogP contribution in [0.2, 0.25) is 0 Å². The summed E-state index contributed by atoms with van der Waals surface area (Å²) in [6, 6.07) is 9.85. The number of carbonyl (C=O) groups excluding carboxylic acids is 1. The van der Waals surface area contributed by atoms with E-state index in [1.807, 2.05) is 41.4 Å². The van der Waals surface area contributed by atoms with Crippen molar-refractivity contribution in [3.8, 4) is 5.69 Å². The molecule has 1 aliphatic heterocycles. The highest BCUT2D eigenvalue weighted by atomic mass is 16.2. The van der Waals surface area contributed by atoms with Crippen molar-refractivity contribution in [2.45, 2.75) is 12.8 Å². The first-order chi connectivity index (χ1) is 10.3. The molecule has 0 spiro atoms. The highest BCUT2D eigenvalue weighted by Crippen LogP contribution is 2.17. The molecular formula is C16H20N4O. The lowest BCUT2D eigenvalue weighted by Crippen LogP contribution is -2.31. The van der Waals surface area contributed by atoms with E-state index in [9.17, 15) is 4.79 Å². The molecule has 0 saturated carbocycles. The van der Waals surface area contributed by atoms with Crippen molar-refractivity contribution in [3.05, 3.63) is 48.3 Å². The van der Waals surface area contributed by atoms with Crippen molar-refractivity contribution >= 4 is 5.91 Å². The summed E-state index contributed by atoms with van der Waals surface area (Å²) in [5.74, 6) is 0.661. The fraction of sp³-hybridized carbons (Fsp3) is 0.375. The zero-order chi connectivity index (χ0) is 14.7. The quantitative estimate of drug-likeness (QED) is 0.918. The number of benzene rings is 1. The molecule has 3 rings (SSSR count). The standard InChI is InChI=1S/C16H20N4O/c17-11-14-6-9-19(12-14)16(21)10-13-2-4-15(5-3-13)20-8-1-7-18-20/h1-5,7-8,14H,6,9-12,17H2. The van der Waals surface area contributed by atoms with Gasteiger partial charge in [-0.15, -0.1) is 0 Å². The SMILES string of the molecule is NCC1CCN(C(=O)Cc2ccc(-n3cccn3)cc2)C1. The number of rotatable bonds is 4. The summed E-state index contributed by atoms with van der Waals surface area (Å²) < 4.78 is 1.80. The van der Waals surface area contributed by atoms with E-state index in [2.05, 4.69) is 5.10 Å². The van der Waals surface area contributed by atoms with Crippen molar-refractivity contribution in [1.82, 2.24) is 14.7 Å². The van der Waals surface area contributed by atoms with Crippen LogP contribution in [0.5, 0.6) is 0 Å². The van der Waals surface area contributed by atoms with E-state index in [1.54, 1.807) is 10.9 Å². The molecule has 2 heterocycles. The Morgan fingerprint density at radius 1 is 1.33 bits per heavy atom. The van der Waals surface area contributed by atoms with E-state index in [-0.39, 0.29) is 5.91 Å². The van der Waals surface area contributed by atoms with E-state index in [4.69, 9.17) is 5.73 Å². The van der Waals surface area contributed by atoms with Crippen LogP contribution in [0, 0.1) is 5.92 Å². The average molecular weight is 284 g/mol. The molecule has 5 heteroatoms. The summed E-state index contributed by atoms with van der Waals surface area (Å²) in [6.45, 7) is 2.31. The lowest BCUT2D eigenvalue weighted by molar-refractivity contribution is -0.129. The third-order valence-corrected chi connectivity index (χ3v) is 4.03. The summed E-state index contributed by atoms with van der Waals surface area (Å²) in [6.07, 6.45) is 5.13. The fourth-order valence-corrected chi connectivity index (χ4v) is 2.73. The van der Waals surface area contributed by atoms with Gasteiger partial charge >= 0.3 is 0 Å². The number of nitrogens with zero attached hydrogens (tertiary/aromatic N) is 3. The Bertz CT molecular complexity index is 591. The van der Waals surface area contributed by atoms with Gasteiger partial charge in [-0.05, 0) is 42.6 Å². The number of hydrogen-bond acceptors (Lipinski definition) is 3. The third kappa shape index (κ3) is 3.13. The van der Waals surface area contributed by atoms with Crippen LogP contribution in [0.3, 0.4) is 0 Å². The van der Waals surface area contributed by atoms with E-state index in [1.165, 1.54) is 0 Å². The fourth-order valence-electron chi connectivity index (χ4n) is 2.73.